The number of rotatable bonds is 2. The number of fused-ring (bicyclic) bond motifs is 3. The van der Waals surface area contributed by atoms with Gasteiger partial charge in [0, 0.05) is 17.8 Å². The van der Waals surface area contributed by atoms with Gasteiger partial charge in [-0.3, -0.25) is 9.59 Å². The molecule has 1 aliphatic carbocycles. The maximum absolute atomic E-state index is 13.3. The molecule has 0 spiro atoms. The van der Waals surface area contributed by atoms with E-state index in [1.165, 1.54) is 7.11 Å². The lowest BCUT2D eigenvalue weighted by Gasteiger charge is -2.30. The molecular formula is C21H19NO3. The van der Waals surface area contributed by atoms with E-state index < -0.39 is 17.4 Å². The Kier molecular flexibility index (Phi) is 3.32. The molecule has 1 fully saturated rings. The van der Waals surface area contributed by atoms with E-state index in [2.05, 4.69) is 17.5 Å². The highest BCUT2D eigenvalue weighted by atomic mass is 16.5. The Morgan fingerprint density at radius 2 is 2.00 bits per heavy atom. The van der Waals surface area contributed by atoms with Crippen LogP contribution in [0.1, 0.15) is 27.5 Å². The Hall–Kier alpha value is -2.88. The van der Waals surface area contributed by atoms with E-state index in [0.29, 0.717) is 17.7 Å². The molecule has 0 N–H and O–H groups in total. The molecule has 0 unspecified atom stereocenters. The molecule has 2 aromatic carbocycles. The predicted molar refractivity (Wildman–Crippen MR) is 95.6 cm³/mol. The summed E-state index contributed by atoms with van der Waals surface area (Å²) in [5, 5.41) is 0. The number of carbonyl (C=O) groups is 2. The summed E-state index contributed by atoms with van der Waals surface area (Å²) in [5.74, 6) is -0.737. The first-order valence-electron chi connectivity index (χ1n) is 8.25. The van der Waals surface area contributed by atoms with Crippen molar-refractivity contribution < 1.29 is 14.3 Å². The molecule has 0 saturated carbocycles. The SMILES string of the molecule is C=C1CN(c2cccc(C)c2)[C@H]2c3ccccc3C(=O)[C@@]12C(=O)OC. The van der Waals surface area contributed by atoms with Crippen molar-refractivity contribution in [3.63, 3.8) is 0 Å². The van der Waals surface area contributed by atoms with E-state index in [1.54, 1.807) is 6.07 Å². The molecule has 0 amide bonds. The van der Waals surface area contributed by atoms with Crippen molar-refractivity contribution in [3.05, 3.63) is 77.4 Å². The highest BCUT2D eigenvalue weighted by molar-refractivity contribution is 6.20. The Morgan fingerprint density at radius 3 is 2.72 bits per heavy atom. The second kappa shape index (κ2) is 5.31. The number of esters is 1. The summed E-state index contributed by atoms with van der Waals surface area (Å²) >= 11 is 0. The normalized spacial score (nSPS) is 24.2. The summed E-state index contributed by atoms with van der Waals surface area (Å²) in [6.45, 7) is 6.58. The fraction of sp³-hybridized carbons (Fsp3) is 0.238. The second-order valence-corrected chi connectivity index (χ2v) is 6.69. The van der Waals surface area contributed by atoms with Crippen LogP contribution in [0.15, 0.2) is 60.7 Å². The molecule has 4 rings (SSSR count). The number of anilines is 1. The van der Waals surface area contributed by atoms with Crippen LogP contribution in [-0.4, -0.2) is 25.4 Å². The third kappa shape index (κ3) is 1.88. The van der Waals surface area contributed by atoms with Crippen LogP contribution >= 0.6 is 0 Å². The average Bonchev–Trinajstić information content (AvgIpc) is 3.07. The molecule has 1 heterocycles. The first-order valence-corrected chi connectivity index (χ1v) is 8.25. The molecule has 1 saturated heterocycles. The smallest absolute Gasteiger partial charge is 0.326 e. The number of benzene rings is 2. The molecule has 1 aliphatic heterocycles. The summed E-state index contributed by atoms with van der Waals surface area (Å²) in [6, 6.07) is 15.1. The van der Waals surface area contributed by atoms with E-state index in [-0.39, 0.29) is 5.78 Å². The molecule has 0 bridgehead atoms. The van der Waals surface area contributed by atoms with Gasteiger partial charge in [-0.1, -0.05) is 43.0 Å². The third-order valence-corrected chi connectivity index (χ3v) is 5.34. The number of ketones is 1. The van der Waals surface area contributed by atoms with Gasteiger partial charge in [0.25, 0.3) is 0 Å². The quantitative estimate of drug-likeness (QED) is 0.480. The fourth-order valence-corrected chi connectivity index (χ4v) is 4.25. The number of hydrogen-bond acceptors (Lipinski definition) is 4. The maximum Gasteiger partial charge on any atom is 0.326 e. The first-order chi connectivity index (χ1) is 12.0. The van der Waals surface area contributed by atoms with Crippen LogP contribution in [-0.2, 0) is 9.53 Å². The number of hydrogen-bond donors (Lipinski definition) is 0. The molecule has 4 heteroatoms. The van der Waals surface area contributed by atoms with Gasteiger partial charge in [-0.05, 0) is 35.8 Å². The van der Waals surface area contributed by atoms with Gasteiger partial charge in [0.2, 0.25) is 0 Å². The van der Waals surface area contributed by atoms with Gasteiger partial charge in [0.1, 0.15) is 0 Å². The van der Waals surface area contributed by atoms with Gasteiger partial charge in [0.05, 0.1) is 13.2 Å². The van der Waals surface area contributed by atoms with E-state index in [4.69, 9.17) is 4.74 Å². The zero-order valence-corrected chi connectivity index (χ0v) is 14.3. The Balaban J connectivity index is 1.97. The highest BCUT2D eigenvalue weighted by Gasteiger charge is 2.66. The zero-order chi connectivity index (χ0) is 17.8. The summed E-state index contributed by atoms with van der Waals surface area (Å²) in [4.78, 5) is 28.2. The summed E-state index contributed by atoms with van der Waals surface area (Å²) in [7, 11) is 1.33. The van der Waals surface area contributed by atoms with Crippen LogP contribution in [0.5, 0.6) is 0 Å². The molecule has 126 valence electrons. The lowest BCUT2D eigenvalue weighted by atomic mass is 9.77. The van der Waals surface area contributed by atoms with Crippen molar-refractivity contribution in [1.29, 1.82) is 0 Å². The van der Waals surface area contributed by atoms with Gasteiger partial charge in [-0.2, -0.15) is 0 Å². The van der Waals surface area contributed by atoms with Gasteiger partial charge < -0.3 is 9.64 Å². The number of methoxy groups -OCH3 is 1. The van der Waals surface area contributed by atoms with Gasteiger partial charge in [0.15, 0.2) is 11.2 Å². The first kappa shape index (κ1) is 15.6. The molecule has 0 aromatic heterocycles. The van der Waals surface area contributed by atoms with E-state index in [9.17, 15) is 9.59 Å². The number of Topliss-reactive ketones (excluding diaryl/α,β-unsaturated/α-hetero) is 1. The van der Waals surface area contributed by atoms with Crippen LogP contribution in [0.3, 0.4) is 0 Å². The van der Waals surface area contributed by atoms with E-state index in [0.717, 1.165) is 16.8 Å². The maximum atomic E-state index is 13.3. The van der Waals surface area contributed by atoms with Crippen molar-refractivity contribution in [2.24, 2.45) is 5.41 Å². The molecule has 25 heavy (non-hydrogen) atoms. The largest absolute Gasteiger partial charge is 0.468 e. The average molecular weight is 333 g/mol. The van der Waals surface area contributed by atoms with Crippen molar-refractivity contribution in [2.75, 3.05) is 18.6 Å². The minimum atomic E-state index is -1.36. The molecule has 2 aliphatic rings. The Labute approximate surface area is 146 Å². The fourth-order valence-electron chi connectivity index (χ4n) is 4.25. The van der Waals surface area contributed by atoms with Crippen molar-refractivity contribution >= 4 is 17.4 Å². The summed E-state index contributed by atoms with van der Waals surface area (Å²) < 4.78 is 5.07. The van der Waals surface area contributed by atoms with E-state index >= 15 is 0 Å². The molecule has 0 radical (unpaired) electrons. The Morgan fingerprint density at radius 1 is 1.24 bits per heavy atom. The molecular weight excluding hydrogens is 314 g/mol. The van der Waals surface area contributed by atoms with Crippen LogP contribution in [0.25, 0.3) is 0 Å². The standard InChI is InChI=1S/C21H19NO3/c1-13-7-6-8-15(11-13)22-12-14(2)21(20(24)25-3)18(22)16-9-4-5-10-17(16)19(21)23/h4-11,18H,2,12H2,1,3H3/t18-,21+/m0/s1. The zero-order valence-electron chi connectivity index (χ0n) is 14.3. The number of nitrogens with zero attached hydrogens (tertiary/aromatic N) is 1. The third-order valence-electron chi connectivity index (χ3n) is 5.34. The monoisotopic (exact) mass is 333 g/mol. The summed E-state index contributed by atoms with van der Waals surface area (Å²) in [6.07, 6.45) is 0. The molecule has 4 nitrogen and oxygen atoms in total. The Bertz CT molecular complexity index is 917. The molecule has 2 aromatic rings. The van der Waals surface area contributed by atoms with Crippen LogP contribution in [0, 0.1) is 12.3 Å². The number of aryl methyl sites for hydroxylation is 1. The van der Waals surface area contributed by atoms with Gasteiger partial charge in [-0.25, -0.2) is 0 Å². The lowest BCUT2D eigenvalue weighted by Crippen LogP contribution is -2.41. The predicted octanol–water partition coefficient (Wildman–Crippen LogP) is 3.47. The van der Waals surface area contributed by atoms with Crippen LogP contribution in [0.2, 0.25) is 0 Å². The van der Waals surface area contributed by atoms with Crippen LogP contribution in [0.4, 0.5) is 5.69 Å². The lowest BCUT2D eigenvalue weighted by molar-refractivity contribution is -0.147. The van der Waals surface area contributed by atoms with Gasteiger partial charge in [-0.15, -0.1) is 0 Å². The van der Waals surface area contributed by atoms with Gasteiger partial charge >= 0.3 is 5.97 Å². The van der Waals surface area contributed by atoms with Crippen molar-refractivity contribution in [3.8, 4) is 0 Å². The van der Waals surface area contributed by atoms with E-state index in [1.807, 2.05) is 43.3 Å². The minimum Gasteiger partial charge on any atom is -0.468 e. The van der Waals surface area contributed by atoms with Crippen molar-refractivity contribution in [2.45, 2.75) is 13.0 Å². The summed E-state index contributed by atoms with van der Waals surface area (Å²) in [5.41, 5.74) is 2.77. The second-order valence-electron chi connectivity index (χ2n) is 6.69. The van der Waals surface area contributed by atoms with Crippen LogP contribution < -0.4 is 4.90 Å². The topological polar surface area (TPSA) is 46.6 Å². The number of ether oxygens (including phenoxy) is 1. The number of carbonyl (C=O) groups excluding carboxylic acids is 2. The minimum absolute atomic E-state index is 0.208. The molecule has 2 atom stereocenters. The highest BCUT2D eigenvalue weighted by Crippen LogP contribution is 2.58. The van der Waals surface area contributed by atoms with Crippen molar-refractivity contribution in [1.82, 2.24) is 0 Å².